The number of fused-ring (bicyclic) bond motifs is 3. The third kappa shape index (κ3) is 3.90. The lowest BCUT2D eigenvalue weighted by Gasteiger charge is -1.99. The van der Waals surface area contributed by atoms with E-state index in [1.165, 1.54) is 12.1 Å². The van der Waals surface area contributed by atoms with Gasteiger partial charge in [-0.15, -0.1) is 5.11 Å². The first-order valence-electron chi connectivity index (χ1n) is 11.3. The van der Waals surface area contributed by atoms with Crippen LogP contribution in [0.1, 0.15) is 5.56 Å². The minimum atomic E-state index is -0.432. The molecular formula is C28H19N5O3. The molecule has 0 aliphatic rings. The molecule has 36 heavy (non-hydrogen) atoms. The third-order valence-electron chi connectivity index (χ3n) is 5.99. The molecule has 6 rings (SSSR count). The Morgan fingerprint density at radius 3 is 2.44 bits per heavy atom. The van der Waals surface area contributed by atoms with Gasteiger partial charge in [0.05, 0.1) is 22.5 Å². The van der Waals surface area contributed by atoms with Gasteiger partial charge in [0.1, 0.15) is 11.3 Å². The Bertz CT molecular complexity index is 1760. The maximum Gasteiger partial charge on any atom is 0.269 e. The van der Waals surface area contributed by atoms with E-state index in [4.69, 9.17) is 9.52 Å². The minimum absolute atomic E-state index is 0.00886. The predicted molar refractivity (Wildman–Crippen MR) is 138 cm³/mol. The molecule has 0 radical (unpaired) electrons. The highest BCUT2D eigenvalue weighted by Gasteiger charge is 2.18. The van der Waals surface area contributed by atoms with Gasteiger partial charge in [0.25, 0.3) is 5.69 Å². The van der Waals surface area contributed by atoms with E-state index in [1.807, 2.05) is 61.5 Å². The van der Waals surface area contributed by atoms with Crippen molar-refractivity contribution < 1.29 is 9.34 Å². The Hall–Kier alpha value is -5.11. The van der Waals surface area contributed by atoms with Crippen molar-refractivity contribution in [2.75, 3.05) is 0 Å². The molecule has 0 N–H and O–H groups in total. The molecule has 0 aliphatic heterocycles. The van der Waals surface area contributed by atoms with Crippen LogP contribution in [0, 0.1) is 17.0 Å². The number of azo groups is 1. The topological polar surface area (TPSA) is 98.8 Å². The first-order valence-corrected chi connectivity index (χ1v) is 11.3. The van der Waals surface area contributed by atoms with Crippen LogP contribution < -0.4 is 0 Å². The van der Waals surface area contributed by atoms with Crippen molar-refractivity contribution >= 4 is 38.8 Å². The van der Waals surface area contributed by atoms with Gasteiger partial charge in [0.2, 0.25) is 0 Å². The highest BCUT2D eigenvalue weighted by molar-refractivity contribution is 6.07. The summed E-state index contributed by atoms with van der Waals surface area (Å²) in [7, 11) is 0. The highest BCUT2D eigenvalue weighted by Crippen LogP contribution is 2.37. The summed E-state index contributed by atoms with van der Waals surface area (Å²) in [6.45, 7) is 2.01. The maximum atomic E-state index is 11.1. The average molecular weight is 473 g/mol. The van der Waals surface area contributed by atoms with Crippen molar-refractivity contribution in [2.45, 2.75) is 6.92 Å². The lowest BCUT2D eigenvalue weighted by atomic mass is 10.1. The van der Waals surface area contributed by atoms with Gasteiger partial charge in [-0.3, -0.25) is 10.1 Å². The normalized spacial score (nSPS) is 11.6. The smallest absolute Gasteiger partial charge is 0.269 e. The van der Waals surface area contributed by atoms with Crippen molar-refractivity contribution in [3.05, 3.63) is 113 Å². The second-order valence-electron chi connectivity index (χ2n) is 8.43. The van der Waals surface area contributed by atoms with E-state index < -0.39 is 4.92 Å². The summed E-state index contributed by atoms with van der Waals surface area (Å²) in [5.74, 6) is 0.555. The molecule has 0 saturated carbocycles. The van der Waals surface area contributed by atoms with Gasteiger partial charge in [-0.2, -0.15) is 10.2 Å². The summed E-state index contributed by atoms with van der Waals surface area (Å²) >= 11 is 0. The van der Waals surface area contributed by atoms with Crippen molar-refractivity contribution in [1.29, 1.82) is 0 Å². The molecule has 174 valence electrons. The summed E-state index contributed by atoms with van der Waals surface area (Å²) < 4.78 is 7.82. The van der Waals surface area contributed by atoms with E-state index in [0.29, 0.717) is 28.5 Å². The van der Waals surface area contributed by atoms with E-state index in [0.717, 1.165) is 27.3 Å². The molecule has 2 heterocycles. The lowest BCUT2D eigenvalue weighted by Crippen LogP contribution is -1.95. The molecule has 8 heteroatoms. The molecule has 4 aromatic carbocycles. The average Bonchev–Trinajstić information content (AvgIpc) is 3.53. The monoisotopic (exact) mass is 473 g/mol. The molecule has 0 saturated heterocycles. The fourth-order valence-electron chi connectivity index (χ4n) is 4.11. The minimum Gasteiger partial charge on any atom is -0.454 e. The van der Waals surface area contributed by atoms with E-state index in [1.54, 1.807) is 23.0 Å². The van der Waals surface area contributed by atoms with Crippen LogP contribution in [-0.4, -0.2) is 14.7 Å². The number of hydrogen-bond donors (Lipinski definition) is 0. The van der Waals surface area contributed by atoms with E-state index in [9.17, 15) is 10.1 Å². The number of aryl methyl sites for hydroxylation is 1. The van der Waals surface area contributed by atoms with Crippen LogP contribution in [0.2, 0.25) is 0 Å². The Morgan fingerprint density at radius 2 is 1.67 bits per heavy atom. The number of hydrogen-bond acceptors (Lipinski definition) is 6. The van der Waals surface area contributed by atoms with Gasteiger partial charge in [0, 0.05) is 17.5 Å². The molecule has 8 nitrogen and oxygen atoms in total. The van der Waals surface area contributed by atoms with Gasteiger partial charge in [0.15, 0.2) is 11.5 Å². The van der Waals surface area contributed by atoms with Gasteiger partial charge < -0.3 is 4.42 Å². The zero-order valence-corrected chi connectivity index (χ0v) is 19.2. The Kier molecular flexibility index (Phi) is 5.11. The zero-order chi connectivity index (χ0) is 24.6. The van der Waals surface area contributed by atoms with Crippen LogP contribution in [0.15, 0.2) is 112 Å². The quantitative estimate of drug-likeness (QED) is 0.144. The summed E-state index contributed by atoms with van der Waals surface area (Å²) in [4.78, 5) is 10.6. The standard InChI is InChI=1S/C28H19N5O3/c1-18-6-9-20(10-7-18)29-30-25-17-32(21-11-13-22(14-12-21)33(34)35)31-28(25)27-16-24-23-5-3-2-4-19(23)8-15-26(24)36-27/h2-17H,1H3. The van der Waals surface area contributed by atoms with Crippen LogP contribution in [0.3, 0.4) is 0 Å². The number of furan rings is 1. The largest absolute Gasteiger partial charge is 0.454 e. The molecule has 0 fully saturated rings. The van der Waals surface area contributed by atoms with Crippen LogP contribution >= 0.6 is 0 Å². The van der Waals surface area contributed by atoms with Crippen molar-refractivity contribution in [2.24, 2.45) is 10.2 Å². The third-order valence-corrected chi connectivity index (χ3v) is 5.99. The van der Waals surface area contributed by atoms with Crippen LogP contribution in [-0.2, 0) is 0 Å². The number of nitro benzene ring substituents is 1. The van der Waals surface area contributed by atoms with Crippen molar-refractivity contribution in [1.82, 2.24) is 9.78 Å². The number of non-ortho nitro benzene ring substituents is 1. The molecule has 0 amide bonds. The van der Waals surface area contributed by atoms with Gasteiger partial charge in [-0.1, -0.05) is 48.0 Å². The lowest BCUT2D eigenvalue weighted by molar-refractivity contribution is -0.384. The van der Waals surface area contributed by atoms with Crippen molar-refractivity contribution in [3.8, 4) is 17.1 Å². The van der Waals surface area contributed by atoms with Gasteiger partial charge >= 0.3 is 0 Å². The second kappa shape index (κ2) is 8.59. The Balaban J connectivity index is 1.48. The van der Waals surface area contributed by atoms with Crippen LogP contribution in [0.4, 0.5) is 17.1 Å². The summed E-state index contributed by atoms with van der Waals surface area (Å²) in [6.07, 6.45) is 1.74. The van der Waals surface area contributed by atoms with Crippen LogP contribution in [0.25, 0.3) is 38.9 Å². The number of benzene rings is 4. The first-order chi connectivity index (χ1) is 17.5. The summed E-state index contributed by atoms with van der Waals surface area (Å²) in [6, 6.07) is 28.0. The van der Waals surface area contributed by atoms with E-state index in [-0.39, 0.29) is 5.69 Å². The first kappa shape index (κ1) is 21.4. The molecule has 0 unspecified atom stereocenters. The Labute approximate surface area is 205 Å². The van der Waals surface area contributed by atoms with Crippen molar-refractivity contribution in [3.63, 3.8) is 0 Å². The highest BCUT2D eigenvalue weighted by atomic mass is 16.6. The predicted octanol–water partition coefficient (Wildman–Crippen LogP) is 8.07. The van der Waals surface area contributed by atoms with E-state index >= 15 is 0 Å². The molecule has 0 spiro atoms. The number of aromatic nitrogens is 2. The second-order valence-corrected chi connectivity index (χ2v) is 8.43. The molecule has 0 aliphatic carbocycles. The number of nitro groups is 1. The fraction of sp³-hybridized carbons (Fsp3) is 0.0357. The zero-order valence-electron chi connectivity index (χ0n) is 19.2. The summed E-state index contributed by atoms with van der Waals surface area (Å²) in [5, 5.41) is 27.8. The fourth-order valence-corrected chi connectivity index (χ4v) is 4.11. The Morgan fingerprint density at radius 1 is 0.889 bits per heavy atom. The summed E-state index contributed by atoms with van der Waals surface area (Å²) in [5.41, 5.74) is 4.28. The van der Waals surface area contributed by atoms with Crippen LogP contribution in [0.5, 0.6) is 0 Å². The number of rotatable bonds is 5. The van der Waals surface area contributed by atoms with Gasteiger partial charge in [-0.05, 0) is 54.1 Å². The SMILES string of the molecule is Cc1ccc(N=Nc2cn(-c3ccc([N+](=O)[O-])cc3)nc2-c2cc3c(ccc4ccccc43)o2)cc1. The molecule has 2 aromatic heterocycles. The van der Waals surface area contributed by atoms with Gasteiger partial charge in [-0.25, -0.2) is 4.68 Å². The molecule has 6 aromatic rings. The molecule has 0 atom stereocenters. The van der Waals surface area contributed by atoms with E-state index in [2.05, 4.69) is 22.4 Å². The maximum absolute atomic E-state index is 11.1. The molecular weight excluding hydrogens is 454 g/mol. The number of nitrogens with zero attached hydrogens (tertiary/aromatic N) is 5. The molecule has 0 bridgehead atoms.